The molecule has 3 atom stereocenters. The van der Waals surface area contributed by atoms with Crippen LogP contribution >= 0.6 is 0 Å². The summed E-state index contributed by atoms with van der Waals surface area (Å²) in [6.07, 6.45) is -3.14. The van der Waals surface area contributed by atoms with Gasteiger partial charge in [-0.15, -0.1) is 0 Å². The average molecular weight is 506 g/mol. The molecule has 2 fully saturated rings. The molecule has 13 heteroatoms. The number of pyridine rings is 1. The van der Waals surface area contributed by atoms with Gasteiger partial charge in [0.2, 0.25) is 5.92 Å². The van der Waals surface area contributed by atoms with E-state index in [9.17, 15) is 31.0 Å². The van der Waals surface area contributed by atoms with Crippen LogP contribution in [0.15, 0.2) is 23.4 Å². The van der Waals surface area contributed by atoms with Gasteiger partial charge in [-0.2, -0.15) is 18.3 Å². The summed E-state index contributed by atoms with van der Waals surface area (Å²) >= 11 is 0. The first-order valence-corrected chi connectivity index (χ1v) is 12.5. The Morgan fingerprint density at radius 2 is 1.97 bits per heavy atom. The SMILES string of the molecule is C[C@@H]1C[C@H]1c1nn(CC2(C)CC(F)(F)C2)c(C(=O)Nc2ccnc([S@@](C)(=N)=O)c2)c1C(F)(F)F. The molecule has 2 aliphatic carbocycles. The third kappa shape index (κ3) is 4.80. The molecule has 0 aliphatic heterocycles. The zero-order chi connectivity index (χ0) is 25.3. The fourth-order valence-electron chi connectivity index (χ4n) is 4.63. The molecule has 34 heavy (non-hydrogen) atoms. The van der Waals surface area contributed by atoms with Gasteiger partial charge >= 0.3 is 6.18 Å². The van der Waals surface area contributed by atoms with E-state index in [2.05, 4.69) is 15.4 Å². The van der Waals surface area contributed by atoms with Crippen LogP contribution in [-0.4, -0.2) is 37.1 Å². The maximum Gasteiger partial charge on any atom is 0.420 e. The first-order valence-electron chi connectivity index (χ1n) is 10.6. The predicted molar refractivity (Wildman–Crippen MR) is 113 cm³/mol. The molecule has 1 amide bonds. The lowest BCUT2D eigenvalue weighted by Gasteiger charge is -2.44. The number of hydrogen-bond acceptors (Lipinski definition) is 5. The number of hydrogen-bond donors (Lipinski definition) is 2. The van der Waals surface area contributed by atoms with Crippen LogP contribution in [0, 0.1) is 16.1 Å². The molecule has 2 aromatic heterocycles. The second-order valence-electron chi connectivity index (χ2n) is 9.78. The first kappa shape index (κ1) is 24.6. The van der Waals surface area contributed by atoms with Gasteiger partial charge in [0.15, 0.2) is 0 Å². The molecular formula is C21H24F5N5O2S. The summed E-state index contributed by atoms with van der Waals surface area (Å²) in [6.45, 7) is 3.04. The Hall–Kier alpha value is -2.57. The van der Waals surface area contributed by atoms with Gasteiger partial charge in [-0.05, 0) is 29.9 Å². The predicted octanol–water partition coefficient (Wildman–Crippen LogP) is 5.14. The number of alkyl halides is 5. The maximum absolute atomic E-state index is 14.2. The van der Waals surface area contributed by atoms with Gasteiger partial charge in [-0.25, -0.2) is 22.8 Å². The molecule has 2 heterocycles. The third-order valence-electron chi connectivity index (χ3n) is 6.23. The first-order chi connectivity index (χ1) is 15.5. The summed E-state index contributed by atoms with van der Waals surface area (Å²) < 4.78 is 90.1. The highest BCUT2D eigenvalue weighted by Crippen LogP contribution is 2.54. The summed E-state index contributed by atoms with van der Waals surface area (Å²) in [4.78, 5) is 17.0. The van der Waals surface area contributed by atoms with Crippen LogP contribution in [0.25, 0.3) is 0 Å². The summed E-state index contributed by atoms with van der Waals surface area (Å²) in [5.41, 5.74) is -3.18. The van der Waals surface area contributed by atoms with Crippen LogP contribution < -0.4 is 5.32 Å². The zero-order valence-electron chi connectivity index (χ0n) is 18.7. The van der Waals surface area contributed by atoms with Crippen molar-refractivity contribution in [1.82, 2.24) is 14.8 Å². The maximum atomic E-state index is 14.2. The normalized spacial score (nSPS) is 24.7. The van der Waals surface area contributed by atoms with E-state index >= 15 is 0 Å². The number of aromatic nitrogens is 3. The number of anilines is 1. The second-order valence-corrected chi connectivity index (χ2v) is 11.9. The van der Waals surface area contributed by atoms with Crippen LogP contribution in [0.2, 0.25) is 0 Å². The van der Waals surface area contributed by atoms with E-state index in [1.54, 1.807) is 6.92 Å². The highest BCUT2D eigenvalue weighted by molar-refractivity contribution is 7.91. The van der Waals surface area contributed by atoms with Crippen molar-refractivity contribution in [3.8, 4) is 0 Å². The van der Waals surface area contributed by atoms with Crippen molar-refractivity contribution >= 4 is 21.3 Å². The van der Waals surface area contributed by atoms with Crippen LogP contribution in [0.4, 0.5) is 27.6 Å². The van der Waals surface area contributed by atoms with Gasteiger partial charge in [0, 0.05) is 43.4 Å². The van der Waals surface area contributed by atoms with Gasteiger partial charge in [0.25, 0.3) is 5.91 Å². The van der Waals surface area contributed by atoms with Crippen LogP contribution in [-0.2, 0) is 22.5 Å². The topological polar surface area (TPSA) is 101 Å². The van der Waals surface area contributed by atoms with Gasteiger partial charge in [0.1, 0.15) is 16.3 Å². The molecule has 2 aromatic rings. The largest absolute Gasteiger partial charge is 0.420 e. The lowest BCUT2D eigenvalue weighted by atomic mass is 9.67. The minimum absolute atomic E-state index is 0.000397. The Morgan fingerprint density at radius 3 is 2.47 bits per heavy atom. The van der Waals surface area contributed by atoms with Crippen molar-refractivity contribution in [1.29, 1.82) is 4.78 Å². The molecule has 186 valence electrons. The molecule has 2 saturated carbocycles. The van der Waals surface area contributed by atoms with Crippen molar-refractivity contribution in [2.24, 2.45) is 11.3 Å². The smallest absolute Gasteiger partial charge is 0.320 e. The van der Waals surface area contributed by atoms with Gasteiger partial charge in [-0.3, -0.25) is 9.48 Å². The Kier molecular flexibility index (Phi) is 5.57. The number of rotatable bonds is 6. The number of carbonyl (C=O) groups excluding carboxylic acids is 1. The van der Waals surface area contributed by atoms with E-state index in [0.29, 0.717) is 6.42 Å². The molecule has 0 radical (unpaired) electrons. The number of halogens is 5. The Labute approximate surface area is 193 Å². The summed E-state index contributed by atoms with van der Waals surface area (Å²) in [5.74, 6) is -4.54. The molecular weight excluding hydrogens is 481 g/mol. The molecule has 4 rings (SSSR count). The molecule has 2 N–H and O–H groups in total. The monoisotopic (exact) mass is 505 g/mol. The minimum atomic E-state index is -4.89. The van der Waals surface area contributed by atoms with Gasteiger partial charge < -0.3 is 5.32 Å². The van der Waals surface area contributed by atoms with E-state index in [-0.39, 0.29) is 28.9 Å². The Morgan fingerprint density at radius 1 is 1.35 bits per heavy atom. The number of nitrogens with zero attached hydrogens (tertiary/aromatic N) is 3. The fourth-order valence-corrected chi connectivity index (χ4v) is 5.24. The van der Waals surface area contributed by atoms with Crippen molar-refractivity contribution in [3.05, 3.63) is 35.3 Å². The third-order valence-corrected chi connectivity index (χ3v) is 7.25. The van der Waals surface area contributed by atoms with Crippen molar-refractivity contribution in [3.63, 3.8) is 0 Å². The number of carbonyl (C=O) groups is 1. The second kappa shape index (κ2) is 7.72. The Bertz CT molecular complexity index is 1250. The minimum Gasteiger partial charge on any atom is -0.320 e. The Balaban J connectivity index is 1.76. The molecule has 2 aliphatic rings. The number of nitrogens with one attached hydrogen (secondary N) is 2. The van der Waals surface area contributed by atoms with E-state index in [4.69, 9.17) is 4.78 Å². The highest BCUT2D eigenvalue weighted by Gasteiger charge is 2.55. The highest BCUT2D eigenvalue weighted by atomic mass is 32.2. The van der Waals surface area contributed by atoms with Gasteiger partial charge in [-0.1, -0.05) is 13.8 Å². The molecule has 0 unspecified atom stereocenters. The average Bonchev–Trinajstić information content (AvgIpc) is 3.24. The van der Waals surface area contributed by atoms with E-state index in [0.717, 1.165) is 17.0 Å². The van der Waals surface area contributed by atoms with E-state index in [1.807, 2.05) is 0 Å². The molecule has 0 bridgehead atoms. The summed E-state index contributed by atoms with van der Waals surface area (Å²) in [5, 5.41) is 6.33. The van der Waals surface area contributed by atoms with Crippen LogP contribution in [0.5, 0.6) is 0 Å². The fraction of sp³-hybridized carbons (Fsp3) is 0.571. The standard InChI is InChI=1S/C21H24F5N5O2S/c1-11-6-13(11)16-15(21(24,25)26)17(31(30-16)10-19(2)8-20(22,23)9-19)18(32)29-12-4-5-28-14(7-12)34(3,27)33/h4-5,7,11,13,27H,6,8-10H2,1-3H3,(H,28,29,32)/t11-,13-,34+/m1/s1. The van der Waals surface area contributed by atoms with Crippen molar-refractivity contribution in [2.75, 3.05) is 11.6 Å². The lowest BCUT2D eigenvalue weighted by Crippen LogP contribution is -2.47. The molecule has 0 aromatic carbocycles. The molecule has 0 saturated heterocycles. The van der Waals surface area contributed by atoms with E-state index < -0.39 is 63.2 Å². The van der Waals surface area contributed by atoms with E-state index in [1.165, 1.54) is 19.2 Å². The van der Waals surface area contributed by atoms with Gasteiger partial charge in [0.05, 0.1) is 15.4 Å². The quantitative estimate of drug-likeness (QED) is 0.531. The molecule has 7 nitrogen and oxygen atoms in total. The van der Waals surface area contributed by atoms with Crippen LogP contribution in [0.1, 0.15) is 60.8 Å². The summed E-state index contributed by atoms with van der Waals surface area (Å²) in [6, 6.07) is 2.44. The van der Waals surface area contributed by atoms with Crippen molar-refractivity contribution in [2.45, 2.75) is 62.7 Å². The summed E-state index contributed by atoms with van der Waals surface area (Å²) in [7, 11) is -3.23. The number of amides is 1. The zero-order valence-corrected chi connectivity index (χ0v) is 19.5. The van der Waals surface area contributed by atoms with Crippen LogP contribution in [0.3, 0.4) is 0 Å². The lowest BCUT2D eigenvalue weighted by molar-refractivity contribution is -0.160. The molecule has 0 spiro atoms. The van der Waals surface area contributed by atoms with Crippen molar-refractivity contribution < 1.29 is 31.0 Å².